The minimum Gasteiger partial charge on any atom is -0.387 e. The Balaban J connectivity index is 0.00000169. The van der Waals surface area contributed by atoms with E-state index in [1.54, 1.807) is 0 Å². The summed E-state index contributed by atoms with van der Waals surface area (Å²) in [6.45, 7) is 2.01. The molecule has 0 bridgehead atoms. The first-order valence-corrected chi connectivity index (χ1v) is 4.52. The number of rotatable bonds is 3. The highest BCUT2D eigenvalue weighted by molar-refractivity contribution is 5.85. The molecule has 1 N–H and O–H groups in total. The SMILES string of the molecule is C[C@H]([C@@H](O)c1ccccc1)N(C)C.Cl. The van der Waals surface area contributed by atoms with E-state index in [0.717, 1.165) is 5.56 Å². The van der Waals surface area contributed by atoms with Crippen LogP contribution in [0.15, 0.2) is 30.3 Å². The molecule has 1 rings (SSSR count). The van der Waals surface area contributed by atoms with E-state index in [9.17, 15) is 5.11 Å². The van der Waals surface area contributed by atoms with Crippen molar-refractivity contribution in [2.24, 2.45) is 0 Å². The van der Waals surface area contributed by atoms with E-state index in [-0.39, 0.29) is 18.4 Å². The van der Waals surface area contributed by atoms with E-state index in [4.69, 9.17) is 0 Å². The molecular formula is C11H18ClNO. The average Bonchev–Trinajstić information content (AvgIpc) is 2.17. The van der Waals surface area contributed by atoms with Gasteiger partial charge in [-0.25, -0.2) is 0 Å². The van der Waals surface area contributed by atoms with Crippen molar-refractivity contribution < 1.29 is 5.11 Å². The fourth-order valence-electron chi connectivity index (χ4n) is 1.21. The normalized spacial score (nSPS) is 14.6. The molecule has 0 unspecified atom stereocenters. The monoisotopic (exact) mass is 215 g/mol. The maximum absolute atomic E-state index is 9.92. The number of hydrogen-bond acceptors (Lipinski definition) is 2. The van der Waals surface area contributed by atoms with Gasteiger partial charge in [0.15, 0.2) is 0 Å². The lowest BCUT2D eigenvalue weighted by Crippen LogP contribution is -2.30. The second-order valence-corrected chi connectivity index (χ2v) is 3.56. The highest BCUT2D eigenvalue weighted by Crippen LogP contribution is 2.18. The van der Waals surface area contributed by atoms with Gasteiger partial charge in [0.05, 0.1) is 6.10 Å². The van der Waals surface area contributed by atoms with Gasteiger partial charge in [0.2, 0.25) is 0 Å². The van der Waals surface area contributed by atoms with Gasteiger partial charge in [-0.15, -0.1) is 12.4 Å². The van der Waals surface area contributed by atoms with Crippen molar-refractivity contribution in [3.63, 3.8) is 0 Å². The zero-order chi connectivity index (χ0) is 9.84. The molecule has 2 nitrogen and oxygen atoms in total. The minimum atomic E-state index is -0.406. The maximum atomic E-state index is 9.92. The molecule has 0 aromatic heterocycles. The second kappa shape index (κ2) is 6.02. The van der Waals surface area contributed by atoms with Crippen LogP contribution in [0, 0.1) is 0 Å². The molecule has 3 heteroatoms. The van der Waals surface area contributed by atoms with Gasteiger partial charge in [-0.1, -0.05) is 30.3 Å². The third kappa shape index (κ3) is 3.29. The summed E-state index contributed by atoms with van der Waals surface area (Å²) in [4.78, 5) is 2.01. The molecule has 0 fully saturated rings. The van der Waals surface area contributed by atoms with Crippen LogP contribution in [0.2, 0.25) is 0 Å². The summed E-state index contributed by atoms with van der Waals surface area (Å²) in [5, 5.41) is 9.92. The van der Waals surface area contributed by atoms with Crippen molar-refractivity contribution in [3.8, 4) is 0 Å². The first-order valence-electron chi connectivity index (χ1n) is 4.52. The standard InChI is InChI=1S/C11H17NO.ClH/c1-9(12(2)3)11(13)10-7-5-4-6-8-10;/h4-9,11,13H,1-3H3;1H/t9-,11-;/m1./s1. The lowest BCUT2D eigenvalue weighted by molar-refractivity contribution is 0.0858. The van der Waals surface area contributed by atoms with Gasteiger partial charge < -0.3 is 10.0 Å². The van der Waals surface area contributed by atoms with Crippen LogP contribution in [-0.2, 0) is 0 Å². The van der Waals surface area contributed by atoms with E-state index >= 15 is 0 Å². The topological polar surface area (TPSA) is 23.5 Å². The Kier molecular flexibility index (Phi) is 5.77. The largest absolute Gasteiger partial charge is 0.387 e. The molecule has 1 aromatic carbocycles. The average molecular weight is 216 g/mol. The summed E-state index contributed by atoms with van der Waals surface area (Å²) >= 11 is 0. The summed E-state index contributed by atoms with van der Waals surface area (Å²) < 4.78 is 0. The molecule has 0 amide bonds. The lowest BCUT2D eigenvalue weighted by Gasteiger charge is -2.25. The molecule has 2 atom stereocenters. The summed E-state index contributed by atoms with van der Waals surface area (Å²) in [6, 6.07) is 9.88. The number of hydrogen-bond donors (Lipinski definition) is 1. The Morgan fingerprint density at radius 1 is 1.14 bits per heavy atom. The number of aliphatic hydroxyl groups is 1. The maximum Gasteiger partial charge on any atom is 0.0942 e. The third-order valence-corrected chi connectivity index (χ3v) is 2.41. The second-order valence-electron chi connectivity index (χ2n) is 3.56. The van der Waals surface area contributed by atoms with Gasteiger partial charge >= 0.3 is 0 Å². The summed E-state index contributed by atoms with van der Waals surface area (Å²) in [6.07, 6.45) is -0.406. The highest BCUT2D eigenvalue weighted by atomic mass is 35.5. The van der Waals surface area contributed by atoms with Crippen LogP contribution in [-0.4, -0.2) is 30.1 Å². The van der Waals surface area contributed by atoms with Crippen molar-refractivity contribution in [3.05, 3.63) is 35.9 Å². The van der Waals surface area contributed by atoms with Crippen molar-refractivity contribution in [2.75, 3.05) is 14.1 Å². The highest BCUT2D eigenvalue weighted by Gasteiger charge is 2.17. The van der Waals surface area contributed by atoms with Gasteiger partial charge in [0.25, 0.3) is 0 Å². The van der Waals surface area contributed by atoms with E-state index < -0.39 is 6.10 Å². The van der Waals surface area contributed by atoms with E-state index in [0.29, 0.717) is 0 Å². The molecule has 0 saturated heterocycles. The van der Waals surface area contributed by atoms with E-state index in [2.05, 4.69) is 0 Å². The lowest BCUT2D eigenvalue weighted by atomic mass is 10.0. The number of aliphatic hydroxyl groups excluding tert-OH is 1. The van der Waals surface area contributed by atoms with Crippen LogP contribution in [0.4, 0.5) is 0 Å². The molecule has 0 aliphatic rings. The van der Waals surface area contributed by atoms with Crippen LogP contribution in [0.5, 0.6) is 0 Å². The first kappa shape index (κ1) is 13.4. The van der Waals surface area contributed by atoms with Crippen LogP contribution in [0.3, 0.4) is 0 Å². The van der Waals surface area contributed by atoms with Crippen LogP contribution in [0.25, 0.3) is 0 Å². The predicted molar refractivity (Wildman–Crippen MR) is 61.8 cm³/mol. The molecule has 0 aliphatic heterocycles. The fourth-order valence-corrected chi connectivity index (χ4v) is 1.21. The van der Waals surface area contributed by atoms with Gasteiger partial charge in [0, 0.05) is 6.04 Å². The van der Waals surface area contributed by atoms with Gasteiger partial charge in [-0.3, -0.25) is 0 Å². The van der Waals surface area contributed by atoms with Crippen molar-refractivity contribution in [1.29, 1.82) is 0 Å². The van der Waals surface area contributed by atoms with E-state index in [1.165, 1.54) is 0 Å². The molecular weight excluding hydrogens is 198 g/mol. The minimum absolute atomic E-state index is 0. The van der Waals surface area contributed by atoms with Crippen LogP contribution in [0.1, 0.15) is 18.6 Å². The van der Waals surface area contributed by atoms with Crippen molar-refractivity contribution in [1.82, 2.24) is 4.90 Å². The Labute approximate surface area is 92.0 Å². The zero-order valence-corrected chi connectivity index (χ0v) is 9.66. The van der Waals surface area contributed by atoms with Crippen molar-refractivity contribution >= 4 is 12.4 Å². The molecule has 1 aromatic rings. The predicted octanol–water partition coefficient (Wildman–Crippen LogP) is 2.09. The molecule has 14 heavy (non-hydrogen) atoms. The zero-order valence-electron chi connectivity index (χ0n) is 8.84. The van der Waals surface area contributed by atoms with Gasteiger partial charge in [-0.05, 0) is 26.6 Å². The summed E-state index contributed by atoms with van der Waals surface area (Å²) in [7, 11) is 3.94. The Morgan fingerprint density at radius 3 is 2.07 bits per heavy atom. The molecule has 0 spiro atoms. The van der Waals surface area contributed by atoms with Gasteiger partial charge in [0.1, 0.15) is 0 Å². The number of benzene rings is 1. The van der Waals surface area contributed by atoms with Crippen molar-refractivity contribution in [2.45, 2.75) is 19.1 Å². The Bertz CT molecular complexity index is 251. The Hall–Kier alpha value is -0.570. The number of halogens is 1. The fraction of sp³-hybridized carbons (Fsp3) is 0.455. The van der Waals surface area contributed by atoms with E-state index in [1.807, 2.05) is 56.3 Å². The molecule has 80 valence electrons. The van der Waals surface area contributed by atoms with Crippen LogP contribution >= 0.6 is 12.4 Å². The number of likely N-dealkylation sites (N-methyl/N-ethyl adjacent to an activating group) is 1. The third-order valence-electron chi connectivity index (χ3n) is 2.41. The molecule has 0 radical (unpaired) electrons. The number of nitrogens with zero attached hydrogens (tertiary/aromatic N) is 1. The smallest absolute Gasteiger partial charge is 0.0942 e. The molecule has 0 saturated carbocycles. The Morgan fingerprint density at radius 2 is 1.64 bits per heavy atom. The molecule has 0 aliphatic carbocycles. The van der Waals surface area contributed by atoms with Gasteiger partial charge in [-0.2, -0.15) is 0 Å². The quantitative estimate of drug-likeness (QED) is 0.835. The van der Waals surface area contributed by atoms with Crippen LogP contribution < -0.4 is 0 Å². The summed E-state index contributed by atoms with van der Waals surface area (Å²) in [5.41, 5.74) is 0.976. The molecule has 0 heterocycles. The first-order chi connectivity index (χ1) is 6.13. The summed E-state index contributed by atoms with van der Waals surface area (Å²) in [5.74, 6) is 0.